The number of carbonyl (C=O) groups excluding carboxylic acids is 2. The molecule has 45 heavy (non-hydrogen) atoms. The van der Waals surface area contributed by atoms with Gasteiger partial charge in [-0.2, -0.15) is 4.31 Å². The molecule has 1 fully saturated rings. The summed E-state index contributed by atoms with van der Waals surface area (Å²) >= 11 is 1.26. The summed E-state index contributed by atoms with van der Waals surface area (Å²) in [5.74, 6) is 1.22. The lowest BCUT2D eigenvalue weighted by molar-refractivity contribution is -0.120. The highest BCUT2D eigenvalue weighted by molar-refractivity contribution is 7.90. The van der Waals surface area contributed by atoms with Gasteiger partial charge >= 0.3 is 0 Å². The second-order valence-corrected chi connectivity index (χ2v) is 15.7. The van der Waals surface area contributed by atoms with Crippen LogP contribution in [0.25, 0.3) is 10.9 Å². The highest BCUT2D eigenvalue weighted by Crippen LogP contribution is 2.29. The predicted molar refractivity (Wildman–Crippen MR) is 168 cm³/mol. The van der Waals surface area contributed by atoms with Gasteiger partial charge in [0.2, 0.25) is 5.91 Å². The Morgan fingerprint density at radius 2 is 1.89 bits per heavy atom. The molecule has 15 heteroatoms. The van der Waals surface area contributed by atoms with Crippen LogP contribution in [-0.2, 0) is 37.8 Å². The third-order valence-electron chi connectivity index (χ3n) is 7.88. The van der Waals surface area contributed by atoms with E-state index in [1.165, 1.54) is 50.9 Å². The number of thiazole rings is 1. The lowest BCUT2D eigenvalue weighted by Gasteiger charge is -2.40. The number of H-pyrrole nitrogens is 1. The van der Waals surface area contributed by atoms with Crippen molar-refractivity contribution in [3.63, 3.8) is 0 Å². The van der Waals surface area contributed by atoms with Crippen molar-refractivity contribution < 1.29 is 26.4 Å². The molecule has 12 nitrogen and oxygen atoms in total. The Labute approximate surface area is 264 Å². The number of nitrogens with one attached hydrogen (secondary N) is 3. The number of hydrogen-bond acceptors (Lipinski definition) is 9. The first-order valence-corrected chi connectivity index (χ1v) is 17.9. The molecule has 2 amide bonds. The quantitative estimate of drug-likeness (QED) is 0.253. The molecule has 2 aromatic heterocycles. The van der Waals surface area contributed by atoms with Crippen molar-refractivity contribution in [1.29, 1.82) is 0 Å². The van der Waals surface area contributed by atoms with Gasteiger partial charge in [-0.1, -0.05) is 24.1 Å². The first-order chi connectivity index (χ1) is 21.4. The van der Waals surface area contributed by atoms with Crippen LogP contribution in [0.1, 0.15) is 39.3 Å². The Kier molecular flexibility index (Phi) is 8.27. The van der Waals surface area contributed by atoms with Crippen LogP contribution in [0, 0.1) is 12.3 Å². The van der Waals surface area contributed by atoms with Gasteiger partial charge in [0, 0.05) is 66.4 Å². The van der Waals surface area contributed by atoms with Crippen molar-refractivity contribution in [2.24, 2.45) is 0 Å². The topological polar surface area (TPSA) is 162 Å². The molecule has 6 rings (SSSR count). The number of benzene rings is 2. The predicted octanol–water partition coefficient (Wildman–Crippen LogP) is 2.05. The second kappa shape index (κ2) is 12.0. The standard InChI is InChI=1S/C30H30N6O6S3/c1-3-20-9-10-24-21(14-20)15-28(32-24)45(41,42)35-11-12-36(30(38)29-33-25-13-19(2)31-17-26(25)43-29)22(18-35)16-27(37)34-44(39,40)23-7-5-4-6-8-23/h1,4-10,14-15,19,22,31-32H,11-13,16-18H2,2H3,(H,34,37). The molecule has 3 N–H and O–H groups in total. The smallest absolute Gasteiger partial charge is 0.283 e. The summed E-state index contributed by atoms with van der Waals surface area (Å²) in [6.45, 7) is 2.32. The summed E-state index contributed by atoms with van der Waals surface area (Å²) in [4.78, 5) is 36.8. The number of hydrogen-bond donors (Lipinski definition) is 3. The third-order valence-corrected chi connectivity index (χ3v) is 12.1. The van der Waals surface area contributed by atoms with Gasteiger partial charge in [0.1, 0.15) is 5.03 Å². The molecule has 2 aliphatic heterocycles. The van der Waals surface area contributed by atoms with Gasteiger partial charge in [-0.05, 0) is 43.3 Å². The second-order valence-electron chi connectivity index (χ2n) is 11.0. The summed E-state index contributed by atoms with van der Waals surface area (Å²) < 4.78 is 56.6. The summed E-state index contributed by atoms with van der Waals surface area (Å²) in [5, 5.41) is 4.15. The number of nitrogens with zero attached hydrogens (tertiary/aromatic N) is 3. The van der Waals surface area contributed by atoms with E-state index in [1.54, 1.807) is 24.3 Å². The molecular formula is C30H30N6O6S3. The Morgan fingerprint density at radius 3 is 2.64 bits per heavy atom. The van der Waals surface area contributed by atoms with Crippen LogP contribution in [-0.4, -0.2) is 79.5 Å². The summed E-state index contributed by atoms with van der Waals surface area (Å²) in [5.41, 5.74) is 2.02. The van der Waals surface area contributed by atoms with Crippen LogP contribution in [0.2, 0.25) is 0 Å². The van der Waals surface area contributed by atoms with Crippen molar-refractivity contribution in [1.82, 2.24) is 29.2 Å². The van der Waals surface area contributed by atoms with Gasteiger partial charge in [0.25, 0.3) is 26.0 Å². The zero-order valence-corrected chi connectivity index (χ0v) is 26.6. The molecule has 0 bridgehead atoms. The number of aromatic amines is 1. The number of carbonyl (C=O) groups is 2. The molecule has 0 aliphatic carbocycles. The zero-order valence-electron chi connectivity index (χ0n) is 24.2. The number of aromatic nitrogens is 2. The van der Waals surface area contributed by atoms with Gasteiger partial charge in [-0.15, -0.1) is 17.8 Å². The average molecular weight is 667 g/mol. The fourth-order valence-corrected chi connectivity index (χ4v) is 9.05. The minimum absolute atomic E-state index is 0.0260. The number of amides is 2. The van der Waals surface area contributed by atoms with Crippen LogP contribution >= 0.6 is 11.3 Å². The van der Waals surface area contributed by atoms with E-state index in [2.05, 4.69) is 25.9 Å². The molecule has 234 valence electrons. The fraction of sp³-hybridized carbons (Fsp3) is 0.300. The maximum absolute atomic E-state index is 13.8. The van der Waals surface area contributed by atoms with E-state index < -0.39 is 44.3 Å². The van der Waals surface area contributed by atoms with E-state index in [4.69, 9.17) is 6.42 Å². The number of rotatable bonds is 7. The summed E-state index contributed by atoms with van der Waals surface area (Å²) in [7, 11) is -8.28. The molecule has 4 heterocycles. The normalized spacial score (nSPS) is 19.2. The van der Waals surface area contributed by atoms with Gasteiger partial charge in [0.15, 0.2) is 5.01 Å². The Morgan fingerprint density at radius 1 is 1.11 bits per heavy atom. The van der Waals surface area contributed by atoms with E-state index in [0.29, 0.717) is 29.4 Å². The van der Waals surface area contributed by atoms with Crippen molar-refractivity contribution in [3.8, 4) is 12.3 Å². The van der Waals surface area contributed by atoms with Crippen LogP contribution in [0.15, 0.2) is 64.5 Å². The number of sulfonamides is 2. The largest absolute Gasteiger partial charge is 0.345 e. The van der Waals surface area contributed by atoms with Crippen LogP contribution in [0.3, 0.4) is 0 Å². The highest BCUT2D eigenvalue weighted by atomic mass is 32.2. The van der Waals surface area contributed by atoms with Gasteiger partial charge in [0.05, 0.1) is 16.6 Å². The van der Waals surface area contributed by atoms with Crippen molar-refractivity contribution in [2.45, 2.75) is 48.3 Å². The van der Waals surface area contributed by atoms with E-state index in [0.717, 1.165) is 10.6 Å². The molecule has 0 spiro atoms. The molecule has 2 aromatic carbocycles. The van der Waals surface area contributed by atoms with Crippen LogP contribution in [0.5, 0.6) is 0 Å². The van der Waals surface area contributed by atoms with Crippen molar-refractivity contribution in [2.75, 3.05) is 19.6 Å². The number of fused-ring (bicyclic) bond motifs is 2. The number of terminal acetylenes is 1. The summed E-state index contributed by atoms with van der Waals surface area (Å²) in [6, 6.07) is 13.3. The minimum atomic E-state index is -4.18. The van der Waals surface area contributed by atoms with E-state index in [-0.39, 0.29) is 40.6 Å². The molecule has 0 saturated carbocycles. The minimum Gasteiger partial charge on any atom is -0.345 e. The Hall–Kier alpha value is -4.07. The molecular weight excluding hydrogens is 637 g/mol. The summed E-state index contributed by atoms with van der Waals surface area (Å²) in [6.07, 6.45) is 5.71. The van der Waals surface area contributed by atoms with E-state index in [9.17, 15) is 26.4 Å². The molecule has 2 unspecified atom stereocenters. The first-order valence-electron chi connectivity index (χ1n) is 14.2. The zero-order chi connectivity index (χ0) is 31.9. The Bertz CT molecular complexity index is 2050. The van der Waals surface area contributed by atoms with Crippen molar-refractivity contribution >= 4 is 54.1 Å². The first kappa shape index (κ1) is 30.9. The lowest BCUT2D eigenvalue weighted by Crippen LogP contribution is -2.57. The maximum Gasteiger partial charge on any atom is 0.283 e. The van der Waals surface area contributed by atoms with Gasteiger partial charge in [-0.25, -0.2) is 26.5 Å². The molecule has 0 radical (unpaired) electrons. The fourth-order valence-electron chi connectivity index (χ4n) is 5.55. The molecule has 2 aliphatic rings. The monoisotopic (exact) mass is 666 g/mol. The third kappa shape index (κ3) is 6.24. The van der Waals surface area contributed by atoms with Crippen LogP contribution < -0.4 is 10.0 Å². The maximum atomic E-state index is 13.8. The number of piperazine rings is 1. The van der Waals surface area contributed by atoms with Crippen molar-refractivity contribution in [3.05, 3.63) is 75.7 Å². The van der Waals surface area contributed by atoms with E-state index in [1.807, 2.05) is 6.92 Å². The highest BCUT2D eigenvalue weighted by Gasteiger charge is 2.40. The van der Waals surface area contributed by atoms with Gasteiger partial charge in [-0.3, -0.25) is 9.59 Å². The lowest BCUT2D eigenvalue weighted by atomic mass is 10.1. The SMILES string of the molecule is C#Cc1ccc2[nH]c(S(=O)(=O)N3CCN(C(=O)c4nc5c(s4)CNC(C)C5)C(CC(=O)NS(=O)(=O)c4ccccc4)C3)cc2c1. The molecule has 2 atom stereocenters. The molecule has 4 aromatic rings. The van der Waals surface area contributed by atoms with Crippen LogP contribution in [0.4, 0.5) is 0 Å². The molecule has 1 saturated heterocycles. The van der Waals surface area contributed by atoms with E-state index >= 15 is 0 Å². The Balaban J connectivity index is 1.28. The van der Waals surface area contributed by atoms with Gasteiger partial charge < -0.3 is 15.2 Å². The average Bonchev–Trinajstić information content (AvgIpc) is 3.65.